The topological polar surface area (TPSA) is 53.6 Å². The molecule has 2 heterocycles. The van der Waals surface area contributed by atoms with Gasteiger partial charge >= 0.3 is 0 Å². The standard InChI is InChI=1S/C17H14N4/c1-18-15-9-8-14-17(20-15)21-16(19-14)13-7-6-11-4-2-3-5-12(11)10-13/h2-10H,1H3,(H2,18,19,20,21). The van der Waals surface area contributed by atoms with E-state index in [4.69, 9.17) is 0 Å². The fourth-order valence-electron chi connectivity index (χ4n) is 2.51. The summed E-state index contributed by atoms with van der Waals surface area (Å²) >= 11 is 0. The number of rotatable bonds is 2. The molecule has 0 spiro atoms. The molecule has 4 heteroatoms. The summed E-state index contributed by atoms with van der Waals surface area (Å²) in [7, 11) is 1.85. The van der Waals surface area contributed by atoms with Crippen LogP contribution in [0.4, 0.5) is 5.82 Å². The Morgan fingerprint density at radius 3 is 2.62 bits per heavy atom. The van der Waals surface area contributed by atoms with Crippen molar-refractivity contribution >= 4 is 27.8 Å². The van der Waals surface area contributed by atoms with E-state index in [1.165, 1.54) is 10.8 Å². The van der Waals surface area contributed by atoms with E-state index in [1.54, 1.807) is 0 Å². The van der Waals surface area contributed by atoms with Crippen LogP contribution in [-0.4, -0.2) is 22.0 Å². The number of pyridine rings is 1. The minimum absolute atomic E-state index is 0.727. The van der Waals surface area contributed by atoms with Crippen LogP contribution in [0, 0.1) is 0 Å². The van der Waals surface area contributed by atoms with E-state index in [9.17, 15) is 0 Å². The zero-order chi connectivity index (χ0) is 14.2. The largest absolute Gasteiger partial charge is 0.373 e. The van der Waals surface area contributed by atoms with Crippen LogP contribution in [0.1, 0.15) is 0 Å². The van der Waals surface area contributed by atoms with Crippen LogP contribution in [-0.2, 0) is 0 Å². The normalized spacial score (nSPS) is 11.1. The number of anilines is 1. The molecule has 0 unspecified atom stereocenters. The summed E-state index contributed by atoms with van der Waals surface area (Å²) in [5, 5.41) is 5.46. The summed E-state index contributed by atoms with van der Waals surface area (Å²) in [5.74, 6) is 1.66. The van der Waals surface area contributed by atoms with Gasteiger partial charge in [-0.05, 0) is 29.0 Å². The lowest BCUT2D eigenvalue weighted by Crippen LogP contribution is -1.91. The van der Waals surface area contributed by atoms with E-state index in [0.717, 1.165) is 28.4 Å². The van der Waals surface area contributed by atoms with Crippen LogP contribution in [0.3, 0.4) is 0 Å². The molecule has 4 nitrogen and oxygen atoms in total. The summed E-state index contributed by atoms with van der Waals surface area (Å²) in [6.45, 7) is 0. The van der Waals surface area contributed by atoms with Crippen molar-refractivity contribution in [3.8, 4) is 11.4 Å². The summed E-state index contributed by atoms with van der Waals surface area (Å²) in [6.07, 6.45) is 0. The monoisotopic (exact) mass is 274 g/mol. The number of fused-ring (bicyclic) bond motifs is 2. The third-order valence-electron chi connectivity index (χ3n) is 3.62. The molecule has 0 atom stereocenters. The van der Waals surface area contributed by atoms with E-state index in [2.05, 4.69) is 50.6 Å². The lowest BCUT2D eigenvalue weighted by atomic mass is 10.1. The van der Waals surface area contributed by atoms with E-state index in [0.29, 0.717) is 0 Å². The zero-order valence-electron chi connectivity index (χ0n) is 11.6. The number of nitrogens with zero attached hydrogens (tertiary/aromatic N) is 2. The van der Waals surface area contributed by atoms with Crippen molar-refractivity contribution in [1.82, 2.24) is 15.0 Å². The number of benzene rings is 2. The molecule has 0 saturated carbocycles. The van der Waals surface area contributed by atoms with Gasteiger partial charge in [0.1, 0.15) is 11.6 Å². The van der Waals surface area contributed by atoms with Gasteiger partial charge in [-0.15, -0.1) is 0 Å². The van der Waals surface area contributed by atoms with Crippen molar-refractivity contribution in [1.29, 1.82) is 0 Å². The minimum atomic E-state index is 0.727. The van der Waals surface area contributed by atoms with Gasteiger partial charge in [0.15, 0.2) is 5.65 Å². The number of H-pyrrole nitrogens is 1. The Morgan fingerprint density at radius 2 is 1.76 bits per heavy atom. The van der Waals surface area contributed by atoms with Crippen LogP contribution >= 0.6 is 0 Å². The number of hydrogen-bond acceptors (Lipinski definition) is 3. The second-order valence-corrected chi connectivity index (χ2v) is 4.96. The Kier molecular flexibility index (Phi) is 2.60. The van der Waals surface area contributed by atoms with Crippen LogP contribution in [0.5, 0.6) is 0 Å². The second-order valence-electron chi connectivity index (χ2n) is 4.96. The molecule has 0 fully saturated rings. The average molecular weight is 274 g/mol. The molecule has 102 valence electrons. The Balaban J connectivity index is 1.87. The van der Waals surface area contributed by atoms with Crippen molar-refractivity contribution in [2.24, 2.45) is 0 Å². The molecular weight excluding hydrogens is 260 g/mol. The predicted octanol–water partition coefficient (Wildman–Crippen LogP) is 3.82. The number of aromatic amines is 1. The van der Waals surface area contributed by atoms with E-state index >= 15 is 0 Å². The molecule has 0 saturated heterocycles. The Morgan fingerprint density at radius 1 is 0.905 bits per heavy atom. The van der Waals surface area contributed by atoms with Crippen molar-refractivity contribution in [3.05, 3.63) is 54.6 Å². The quantitative estimate of drug-likeness (QED) is 0.584. The molecule has 0 radical (unpaired) electrons. The SMILES string of the molecule is CNc1ccc2[nH]c(-c3ccc4ccccc4c3)nc2n1. The number of nitrogens with one attached hydrogen (secondary N) is 2. The van der Waals surface area contributed by atoms with Gasteiger partial charge in [-0.2, -0.15) is 0 Å². The molecule has 21 heavy (non-hydrogen) atoms. The maximum absolute atomic E-state index is 4.59. The van der Waals surface area contributed by atoms with Gasteiger partial charge in [0, 0.05) is 12.6 Å². The Hall–Kier alpha value is -2.88. The highest BCUT2D eigenvalue weighted by molar-refractivity contribution is 5.87. The third kappa shape index (κ3) is 2.01. The lowest BCUT2D eigenvalue weighted by molar-refractivity contribution is 1.29. The highest BCUT2D eigenvalue weighted by Crippen LogP contribution is 2.24. The van der Waals surface area contributed by atoms with E-state index in [-0.39, 0.29) is 0 Å². The second kappa shape index (κ2) is 4.59. The first-order valence-corrected chi connectivity index (χ1v) is 6.87. The van der Waals surface area contributed by atoms with Crippen LogP contribution in [0.15, 0.2) is 54.6 Å². The predicted molar refractivity (Wildman–Crippen MR) is 86.4 cm³/mol. The van der Waals surface area contributed by atoms with Crippen LogP contribution in [0.2, 0.25) is 0 Å². The van der Waals surface area contributed by atoms with Crippen molar-refractivity contribution in [2.45, 2.75) is 0 Å². The average Bonchev–Trinajstić information content (AvgIpc) is 2.97. The number of aromatic nitrogens is 3. The van der Waals surface area contributed by atoms with Gasteiger partial charge in [0.05, 0.1) is 5.52 Å². The molecule has 0 aliphatic carbocycles. The molecule has 4 aromatic rings. The lowest BCUT2D eigenvalue weighted by Gasteiger charge is -2.00. The Labute approximate surface area is 121 Å². The summed E-state index contributed by atoms with van der Waals surface area (Å²) in [6, 6.07) is 18.6. The molecule has 2 aromatic heterocycles. The Bertz CT molecular complexity index is 940. The van der Waals surface area contributed by atoms with Gasteiger partial charge in [0.25, 0.3) is 0 Å². The molecule has 0 bridgehead atoms. The highest BCUT2D eigenvalue weighted by atomic mass is 15.0. The van der Waals surface area contributed by atoms with Crippen molar-refractivity contribution in [3.63, 3.8) is 0 Å². The molecular formula is C17H14N4. The smallest absolute Gasteiger partial charge is 0.180 e. The summed E-state index contributed by atoms with van der Waals surface area (Å²) in [5.41, 5.74) is 2.74. The third-order valence-corrected chi connectivity index (χ3v) is 3.62. The first-order chi connectivity index (χ1) is 10.3. The maximum atomic E-state index is 4.59. The molecule has 0 amide bonds. The van der Waals surface area contributed by atoms with Gasteiger partial charge in [-0.3, -0.25) is 0 Å². The first kappa shape index (κ1) is 11.9. The maximum Gasteiger partial charge on any atom is 0.180 e. The van der Waals surface area contributed by atoms with Gasteiger partial charge in [0.2, 0.25) is 0 Å². The van der Waals surface area contributed by atoms with Gasteiger partial charge < -0.3 is 10.3 Å². The van der Waals surface area contributed by atoms with Gasteiger partial charge in [-0.1, -0.05) is 36.4 Å². The molecule has 2 aromatic carbocycles. The summed E-state index contributed by atoms with van der Waals surface area (Å²) < 4.78 is 0. The van der Waals surface area contributed by atoms with E-state index < -0.39 is 0 Å². The minimum Gasteiger partial charge on any atom is -0.373 e. The van der Waals surface area contributed by atoms with Gasteiger partial charge in [-0.25, -0.2) is 9.97 Å². The highest BCUT2D eigenvalue weighted by Gasteiger charge is 2.07. The van der Waals surface area contributed by atoms with Crippen LogP contribution < -0.4 is 5.32 Å². The van der Waals surface area contributed by atoms with E-state index in [1.807, 2.05) is 31.3 Å². The fraction of sp³-hybridized carbons (Fsp3) is 0.0588. The molecule has 4 rings (SSSR count). The molecule has 2 N–H and O–H groups in total. The van der Waals surface area contributed by atoms with Crippen molar-refractivity contribution in [2.75, 3.05) is 12.4 Å². The number of imidazole rings is 1. The molecule has 0 aliphatic rings. The zero-order valence-corrected chi connectivity index (χ0v) is 11.6. The fourth-order valence-corrected chi connectivity index (χ4v) is 2.51. The van der Waals surface area contributed by atoms with Crippen molar-refractivity contribution < 1.29 is 0 Å². The number of hydrogen-bond donors (Lipinski definition) is 2. The van der Waals surface area contributed by atoms with Crippen LogP contribution in [0.25, 0.3) is 33.3 Å². The first-order valence-electron chi connectivity index (χ1n) is 6.87. The molecule has 0 aliphatic heterocycles. The summed E-state index contributed by atoms with van der Waals surface area (Å²) in [4.78, 5) is 12.4.